The van der Waals surface area contributed by atoms with Crippen LogP contribution in [0.2, 0.25) is 0 Å². The first-order valence-corrected chi connectivity index (χ1v) is 9.90. The van der Waals surface area contributed by atoms with Gasteiger partial charge in [0.25, 0.3) is 0 Å². The van der Waals surface area contributed by atoms with Crippen LogP contribution in [-0.2, 0) is 21.3 Å². The van der Waals surface area contributed by atoms with E-state index in [0.29, 0.717) is 23.0 Å². The summed E-state index contributed by atoms with van der Waals surface area (Å²) in [6.45, 7) is 4.65. The molecule has 0 aliphatic rings. The summed E-state index contributed by atoms with van der Waals surface area (Å²) in [6.07, 6.45) is 1.97. The number of halogens is 1. The fraction of sp³-hybridized carbons (Fsp3) is 0.588. The summed E-state index contributed by atoms with van der Waals surface area (Å²) in [5.41, 5.74) is 0.704. The molecule has 0 saturated carbocycles. The molecule has 26 heavy (non-hydrogen) atoms. The first-order chi connectivity index (χ1) is 11.9. The molecule has 0 radical (unpaired) electrons. The molecule has 9 heteroatoms. The highest BCUT2D eigenvalue weighted by molar-refractivity contribution is 14.0. The molecule has 0 aliphatic carbocycles. The van der Waals surface area contributed by atoms with Crippen molar-refractivity contribution in [1.82, 2.24) is 14.9 Å². The molecule has 0 saturated heterocycles. The molecule has 7 nitrogen and oxygen atoms in total. The van der Waals surface area contributed by atoms with E-state index in [2.05, 4.69) is 15.6 Å². The summed E-state index contributed by atoms with van der Waals surface area (Å²) in [5.74, 6) is 0.647. The van der Waals surface area contributed by atoms with Crippen LogP contribution in [-0.4, -0.2) is 59.6 Å². The number of aliphatic imine (C=N–C) groups is 1. The maximum Gasteiger partial charge on any atom is 0.242 e. The third-order valence-electron chi connectivity index (χ3n) is 3.61. The van der Waals surface area contributed by atoms with E-state index in [1.807, 2.05) is 13.0 Å². The van der Waals surface area contributed by atoms with Crippen molar-refractivity contribution in [3.63, 3.8) is 0 Å². The Morgan fingerprint density at radius 2 is 1.88 bits per heavy atom. The first-order valence-electron chi connectivity index (χ1n) is 8.46. The normalized spacial score (nSPS) is 12.0. The Morgan fingerprint density at radius 1 is 1.19 bits per heavy atom. The Labute approximate surface area is 174 Å². The highest BCUT2D eigenvalue weighted by atomic mass is 127. The molecule has 1 aromatic rings. The van der Waals surface area contributed by atoms with Crippen LogP contribution in [0.1, 0.15) is 25.3 Å². The maximum absolute atomic E-state index is 12.4. The molecule has 0 heterocycles. The second kappa shape index (κ2) is 13.3. The summed E-state index contributed by atoms with van der Waals surface area (Å²) in [5, 5.41) is 6.38. The molecule has 0 amide bonds. The van der Waals surface area contributed by atoms with Crippen molar-refractivity contribution in [2.24, 2.45) is 4.99 Å². The third-order valence-corrected chi connectivity index (χ3v) is 5.53. The zero-order valence-corrected chi connectivity index (χ0v) is 19.1. The predicted octanol–water partition coefficient (Wildman–Crippen LogP) is 2.04. The van der Waals surface area contributed by atoms with Gasteiger partial charge in [-0.25, -0.2) is 12.7 Å². The van der Waals surface area contributed by atoms with Crippen LogP contribution in [0.3, 0.4) is 0 Å². The van der Waals surface area contributed by atoms with E-state index in [1.165, 1.54) is 18.4 Å². The van der Waals surface area contributed by atoms with Crippen molar-refractivity contribution in [3.8, 4) is 0 Å². The molecule has 0 spiro atoms. The SMILES string of the molecule is CCOCCCCNC(=NC)NCc1ccccc1S(=O)(=O)N(C)C.I. The van der Waals surface area contributed by atoms with Crippen molar-refractivity contribution in [2.75, 3.05) is 40.9 Å². The monoisotopic (exact) mass is 498 g/mol. The number of nitrogens with zero attached hydrogens (tertiary/aromatic N) is 2. The van der Waals surface area contributed by atoms with E-state index in [1.54, 1.807) is 25.2 Å². The standard InChI is InChI=1S/C17H30N4O3S.HI/c1-5-24-13-9-8-12-19-17(18-2)20-14-15-10-6-7-11-16(15)25(22,23)21(3)4;/h6-7,10-11H,5,8-9,12-14H2,1-4H3,(H2,18,19,20);1H. The van der Waals surface area contributed by atoms with Crippen LogP contribution in [0.15, 0.2) is 34.2 Å². The molecule has 1 aromatic carbocycles. The number of unbranched alkanes of at least 4 members (excludes halogenated alkanes) is 1. The van der Waals surface area contributed by atoms with Crippen LogP contribution in [0, 0.1) is 0 Å². The lowest BCUT2D eigenvalue weighted by molar-refractivity contribution is 0.143. The lowest BCUT2D eigenvalue weighted by atomic mass is 10.2. The average Bonchev–Trinajstić information content (AvgIpc) is 2.60. The summed E-state index contributed by atoms with van der Waals surface area (Å²) >= 11 is 0. The van der Waals surface area contributed by atoms with Gasteiger partial charge in [0.15, 0.2) is 5.96 Å². The molecule has 0 bridgehead atoms. The second-order valence-electron chi connectivity index (χ2n) is 5.65. The van der Waals surface area contributed by atoms with Gasteiger partial charge in [0.05, 0.1) is 4.90 Å². The Kier molecular flexibility index (Phi) is 12.8. The Morgan fingerprint density at radius 3 is 2.50 bits per heavy atom. The molecular formula is C17H31IN4O3S. The zero-order valence-electron chi connectivity index (χ0n) is 16.0. The van der Waals surface area contributed by atoms with E-state index in [4.69, 9.17) is 4.74 Å². The van der Waals surface area contributed by atoms with Gasteiger partial charge >= 0.3 is 0 Å². The number of rotatable bonds is 10. The molecule has 150 valence electrons. The predicted molar refractivity (Wildman–Crippen MR) is 117 cm³/mol. The third kappa shape index (κ3) is 8.19. The molecule has 0 fully saturated rings. The number of ether oxygens (including phenoxy) is 1. The number of sulfonamides is 1. The summed E-state index contributed by atoms with van der Waals surface area (Å²) in [7, 11) is 1.28. The van der Waals surface area contributed by atoms with Crippen LogP contribution < -0.4 is 10.6 Å². The Bertz CT molecular complexity index is 651. The fourth-order valence-corrected chi connectivity index (χ4v) is 3.29. The van der Waals surface area contributed by atoms with Gasteiger partial charge < -0.3 is 15.4 Å². The molecule has 0 aromatic heterocycles. The molecule has 2 N–H and O–H groups in total. The van der Waals surface area contributed by atoms with Gasteiger partial charge in [-0.15, -0.1) is 24.0 Å². The van der Waals surface area contributed by atoms with Crippen molar-refractivity contribution in [1.29, 1.82) is 0 Å². The van der Waals surface area contributed by atoms with Crippen molar-refractivity contribution in [2.45, 2.75) is 31.2 Å². The molecule has 0 aliphatic heterocycles. The van der Waals surface area contributed by atoms with E-state index in [9.17, 15) is 8.42 Å². The van der Waals surface area contributed by atoms with Gasteiger partial charge in [-0.1, -0.05) is 18.2 Å². The Balaban J connectivity index is 0.00000625. The summed E-state index contributed by atoms with van der Waals surface area (Å²) in [6, 6.07) is 6.98. The van der Waals surface area contributed by atoms with Gasteiger partial charge in [0, 0.05) is 47.4 Å². The van der Waals surface area contributed by atoms with Crippen molar-refractivity contribution < 1.29 is 13.2 Å². The van der Waals surface area contributed by atoms with E-state index >= 15 is 0 Å². The van der Waals surface area contributed by atoms with Crippen molar-refractivity contribution >= 4 is 40.0 Å². The van der Waals surface area contributed by atoms with Gasteiger partial charge in [0.1, 0.15) is 0 Å². The summed E-state index contributed by atoms with van der Waals surface area (Å²) < 4.78 is 31.3. The first kappa shape index (κ1) is 25.1. The minimum absolute atomic E-state index is 0. The number of hydrogen-bond acceptors (Lipinski definition) is 4. The number of hydrogen-bond donors (Lipinski definition) is 2. The second-order valence-corrected chi connectivity index (χ2v) is 7.77. The molecule has 0 unspecified atom stereocenters. The van der Waals surface area contributed by atoms with Crippen LogP contribution >= 0.6 is 24.0 Å². The number of nitrogens with one attached hydrogen (secondary N) is 2. The quantitative estimate of drug-likeness (QED) is 0.223. The lowest BCUT2D eigenvalue weighted by Crippen LogP contribution is -2.37. The van der Waals surface area contributed by atoms with E-state index in [0.717, 1.165) is 32.6 Å². The molecular weight excluding hydrogens is 467 g/mol. The van der Waals surface area contributed by atoms with Crippen molar-refractivity contribution in [3.05, 3.63) is 29.8 Å². The highest BCUT2D eigenvalue weighted by Crippen LogP contribution is 2.18. The average molecular weight is 498 g/mol. The van der Waals surface area contributed by atoms with Gasteiger partial charge in [0.2, 0.25) is 10.0 Å². The summed E-state index contributed by atoms with van der Waals surface area (Å²) in [4.78, 5) is 4.47. The van der Waals surface area contributed by atoms with E-state index < -0.39 is 10.0 Å². The smallest absolute Gasteiger partial charge is 0.242 e. The van der Waals surface area contributed by atoms with Crippen LogP contribution in [0.5, 0.6) is 0 Å². The fourth-order valence-electron chi connectivity index (χ4n) is 2.18. The minimum atomic E-state index is -3.47. The lowest BCUT2D eigenvalue weighted by Gasteiger charge is -2.17. The minimum Gasteiger partial charge on any atom is -0.382 e. The van der Waals surface area contributed by atoms with Gasteiger partial charge in [-0.2, -0.15) is 0 Å². The van der Waals surface area contributed by atoms with E-state index in [-0.39, 0.29) is 24.0 Å². The van der Waals surface area contributed by atoms with Crippen LogP contribution in [0.25, 0.3) is 0 Å². The van der Waals surface area contributed by atoms with Crippen LogP contribution in [0.4, 0.5) is 0 Å². The Hall–Kier alpha value is -0.910. The highest BCUT2D eigenvalue weighted by Gasteiger charge is 2.20. The molecule has 0 atom stereocenters. The van der Waals surface area contributed by atoms with Gasteiger partial charge in [-0.3, -0.25) is 4.99 Å². The molecule has 1 rings (SSSR count). The maximum atomic E-state index is 12.4. The zero-order chi connectivity index (χ0) is 18.7. The largest absolute Gasteiger partial charge is 0.382 e. The topological polar surface area (TPSA) is 83.0 Å². The van der Waals surface area contributed by atoms with Gasteiger partial charge in [-0.05, 0) is 31.4 Å². The number of guanidine groups is 1. The number of benzene rings is 1.